The fourth-order valence-corrected chi connectivity index (χ4v) is 1.98. The second-order valence-corrected chi connectivity index (χ2v) is 6.01. The van der Waals surface area contributed by atoms with E-state index in [0.717, 1.165) is 13.2 Å². The topological polar surface area (TPSA) is 21.3 Å². The van der Waals surface area contributed by atoms with Crippen LogP contribution in [0, 0.1) is 11.3 Å². The van der Waals surface area contributed by atoms with Gasteiger partial charge in [0.2, 0.25) is 0 Å². The molecule has 0 aromatic carbocycles. The third-order valence-corrected chi connectivity index (χ3v) is 3.09. The Balaban J connectivity index is 4.01. The first-order valence-electron chi connectivity index (χ1n) is 6.64. The summed E-state index contributed by atoms with van der Waals surface area (Å²) < 4.78 is 5.18. The predicted molar refractivity (Wildman–Crippen MR) is 71.8 cm³/mol. The SMILES string of the molecule is CCCNC(CCC(C)COC)C(C)(C)C. The minimum absolute atomic E-state index is 0.349. The Kier molecular flexibility index (Phi) is 8.04. The van der Waals surface area contributed by atoms with Gasteiger partial charge < -0.3 is 10.1 Å². The first-order chi connectivity index (χ1) is 7.41. The number of rotatable bonds is 8. The highest BCUT2D eigenvalue weighted by Crippen LogP contribution is 2.24. The van der Waals surface area contributed by atoms with Gasteiger partial charge in [-0.05, 0) is 37.1 Å². The fourth-order valence-electron chi connectivity index (χ4n) is 1.98. The molecule has 0 aromatic heterocycles. The fraction of sp³-hybridized carbons (Fsp3) is 1.00. The maximum absolute atomic E-state index is 5.18. The molecule has 0 saturated heterocycles. The van der Waals surface area contributed by atoms with Gasteiger partial charge in [-0.1, -0.05) is 34.6 Å². The number of hydrogen-bond donors (Lipinski definition) is 1. The van der Waals surface area contributed by atoms with E-state index in [2.05, 4.69) is 39.9 Å². The van der Waals surface area contributed by atoms with E-state index < -0.39 is 0 Å². The monoisotopic (exact) mass is 229 g/mol. The van der Waals surface area contributed by atoms with Crippen molar-refractivity contribution < 1.29 is 4.74 Å². The van der Waals surface area contributed by atoms with Gasteiger partial charge in [0.05, 0.1) is 0 Å². The third kappa shape index (κ3) is 7.24. The van der Waals surface area contributed by atoms with Crippen molar-refractivity contribution in [2.75, 3.05) is 20.3 Å². The van der Waals surface area contributed by atoms with Crippen molar-refractivity contribution in [3.05, 3.63) is 0 Å². The molecule has 0 aliphatic carbocycles. The highest BCUT2D eigenvalue weighted by atomic mass is 16.5. The minimum Gasteiger partial charge on any atom is -0.384 e. The quantitative estimate of drug-likeness (QED) is 0.688. The summed E-state index contributed by atoms with van der Waals surface area (Å²) in [6, 6.07) is 0.617. The summed E-state index contributed by atoms with van der Waals surface area (Å²) in [5.41, 5.74) is 0.349. The maximum atomic E-state index is 5.18. The molecular weight excluding hydrogens is 198 g/mol. The number of nitrogens with one attached hydrogen (secondary N) is 1. The first-order valence-corrected chi connectivity index (χ1v) is 6.64. The van der Waals surface area contributed by atoms with Crippen LogP contribution in [0.15, 0.2) is 0 Å². The summed E-state index contributed by atoms with van der Waals surface area (Å²) in [6.45, 7) is 13.5. The van der Waals surface area contributed by atoms with Crippen LogP contribution in [0.3, 0.4) is 0 Å². The second-order valence-electron chi connectivity index (χ2n) is 6.01. The van der Waals surface area contributed by atoms with Crippen LogP contribution in [0.5, 0.6) is 0 Å². The lowest BCUT2D eigenvalue weighted by Crippen LogP contribution is -2.41. The zero-order chi connectivity index (χ0) is 12.6. The van der Waals surface area contributed by atoms with Gasteiger partial charge in [-0.3, -0.25) is 0 Å². The molecule has 0 bridgehead atoms. The van der Waals surface area contributed by atoms with Crippen LogP contribution in [-0.2, 0) is 4.74 Å². The first kappa shape index (κ1) is 15.9. The summed E-state index contributed by atoms with van der Waals surface area (Å²) in [4.78, 5) is 0. The summed E-state index contributed by atoms with van der Waals surface area (Å²) in [6.07, 6.45) is 3.70. The second kappa shape index (κ2) is 8.08. The lowest BCUT2D eigenvalue weighted by molar-refractivity contribution is 0.146. The highest BCUT2D eigenvalue weighted by Gasteiger charge is 2.23. The molecule has 2 atom stereocenters. The molecule has 0 heterocycles. The highest BCUT2D eigenvalue weighted by molar-refractivity contribution is 4.80. The lowest BCUT2D eigenvalue weighted by atomic mass is 9.82. The zero-order valence-corrected chi connectivity index (χ0v) is 12.1. The van der Waals surface area contributed by atoms with Crippen LogP contribution in [0.25, 0.3) is 0 Å². The maximum Gasteiger partial charge on any atom is 0.0487 e. The van der Waals surface area contributed by atoms with Crippen molar-refractivity contribution in [1.82, 2.24) is 5.32 Å². The average molecular weight is 229 g/mol. The Hall–Kier alpha value is -0.0800. The van der Waals surface area contributed by atoms with Crippen LogP contribution >= 0.6 is 0 Å². The van der Waals surface area contributed by atoms with Crippen molar-refractivity contribution >= 4 is 0 Å². The van der Waals surface area contributed by atoms with Gasteiger partial charge in [0.25, 0.3) is 0 Å². The number of methoxy groups -OCH3 is 1. The molecular formula is C14H31NO. The van der Waals surface area contributed by atoms with Gasteiger partial charge >= 0.3 is 0 Å². The molecule has 1 N–H and O–H groups in total. The summed E-state index contributed by atoms with van der Waals surface area (Å²) in [7, 11) is 1.78. The Labute approximate surface area is 102 Å². The van der Waals surface area contributed by atoms with E-state index in [1.165, 1.54) is 19.3 Å². The van der Waals surface area contributed by atoms with E-state index in [0.29, 0.717) is 17.4 Å². The van der Waals surface area contributed by atoms with E-state index in [9.17, 15) is 0 Å². The average Bonchev–Trinajstić information content (AvgIpc) is 2.16. The van der Waals surface area contributed by atoms with Gasteiger partial charge in [-0.25, -0.2) is 0 Å². The van der Waals surface area contributed by atoms with E-state index in [-0.39, 0.29) is 0 Å². The predicted octanol–water partition coefficient (Wildman–Crippen LogP) is 3.46. The number of ether oxygens (including phenoxy) is 1. The summed E-state index contributed by atoms with van der Waals surface area (Å²) >= 11 is 0. The van der Waals surface area contributed by atoms with E-state index in [1.807, 2.05) is 0 Å². The number of hydrogen-bond acceptors (Lipinski definition) is 2. The minimum atomic E-state index is 0.349. The van der Waals surface area contributed by atoms with Gasteiger partial charge in [0, 0.05) is 19.8 Å². The van der Waals surface area contributed by atoms with E-state index in [4.69, 9.17) is 4.74 Å². The molecule has 16 heavy (non-hydrogen) atoms. The Bertz CT molecular complexity index is 163. The third-order valence-electron chi connectivity index (χ3n) is 3.09. The molecule has 0 rings (SSSR count). The lowest BCUT2D eigenvalue weighted by Gasteiger charge is -2.32. The Morgan fingerprint density at radius 2 is 1.81 bits per heavy atom. The molecule has 0 spiro atoms. The molecule has 0 saturated carbocycles. The Morgan fingerprint density at radius 1 is 1.19 bits per heavy atom. The van der Waals surface area contributed by atoms with Gasteiger partial charge in [-0.2, -0.15) is 0 Å². The van der Waals surface area contributed by atoms with Crippen LogP contribution < -0.4 is 5.32 Å². The summed E-state index contributed by atoms with van der Waals surface area (Å²) in [5.74, 6) is 0.665. The smallest absolute Gasteiger partial charge is 0.0487 e. The zero-order valence-electron chi connectivity index (χ0n) is 12.1. The molecule has 0 radical (unpaired) electrons. The van der Waals surface area contributed by atoms with Crippen molar-refractivity contribution in [1.29, 1.82) is 0 Å². The molecule has 0 aromatic rings. The standard InChI is InChI=1S/C14H31NO/c1-7-10-15-13(14(3,4)5)9-8-12(2)11-16-6/h12-13,15H,7-11H2,1-6H3. The van der Waals surface area contributed by atoms with Crippen LogP contribution in [0.1, 0.15) is 53.9 Å². The summed E-state index contributed by atoms with van der Waals surface area (Å²) in [5, 5.41) is 3.67. The van der Waals surface area contributed by atoms with Gasteiger partial charge in [0.15, 0.2) is 0 Å². The normalized spacial score (nSPS) is 16.1. The van der Waals surface area contributed by atoms with E-state index in [1.54, 1.807) is 7.11 Å². The molecule has 0 amide bonds. The van der Waals surface area contributed by atoms with Crippen molar-refractivity contribution in [3.8, 4) is 0 Å². The molecule has 0 aliphatic rings. The van der Waals surface area contributed by atoms with Crippen molar-refractivity contribution in [2.45, 2.75) is 59.9 Å². The van der Waals surface area contributed by atoms with Gasteiger partial charge in [0.1, 0.15) is 0 Å². The van der Waals surface area contributed by atoms with Gasteiger partial charge in [-0.15, -0.1) is 0 Å². The van der Waals surface area contributed by atoms with Crippen molar-refractivity contribution in [2.24, 2.45) is 11.3 Å². The van der Waals surface area contributed by atoms with E-state index >= 15 is 0 Å². The van der Waals surface area contributed by atoms with Crippen LogP contribution in [0.2, 0.25) is 0 Å². The largest absolute Gasteiger partial charge is 0.384 e. The molecule has 2 unspecified atom stereocenters. The van der Waals surface area contributed by atoms with Crippen molar-refractivity contribution in [3.63, 3.8) is 0 Å². The van der Waals surface area contributed by atoms with Crippen LogP contribution in [0.4, 0.5) is 0 Å². The Morgan fingerprint density at radius 3 is 2.25 bits per heavy atom. The molecule has 98 valence electrons. The molecule has 0 fully saturated rings. The molecule has 2 heteroatoms. The molecule has 0 aliphatic heterocycles. The van der Waals surface area contributed by atoms with Crippen LogP contribution in [-0.4, -0.2) is 26.3 Å². The molecule has 2 nitrogen and oxygen atoms in total.